The molecule has 0 aliphatic carbocycles. The monoisotopic (exact) mass is 1170 g/mol. The fraction of sp³-hybridized carbons (Fsp3) is 0.452. The van der Waals surface area contributed by atoms with Gasteiger partial charge in [-0.05, 0) is 164 Å². The molecule has 0 spiro atoms. The SMILES string of the molecule is Cn1c(C(=O)NC2CCS(=O)(=O)CC2)cc2cc(-c3cc(NCCCN4CCCCC4)c4cnccc4n3)ccc21.Cn1c(C(=O)O)cc2cc(-c3cc(NCCCN4CCCCC4)c4cnccc4n3)ccc21.NC1CCS(=O)(=O)CC1. The van der Waals surface area contributed by atoms with Gasteiger partial charge in [-0.15, -0.1) is 0 Å². The summed E-state index contributed by atoms with van der Waals surface area (Å²) in [5.41, 5.74) is 15.6. The lowest BCUT2D eigenvalue weighted by Gasteiger charge is -2.26. The first-order valence-corrected chi connectivity index (χ1v) is 33.0. The molecule has 12 rings (SSSR count). The van der Waals surface area contributed by atoms with Crippen molar-refractivity contribution < 1.29 is 31.5 Å². The molecule has 4 fully saturated rings. The number of aryl methyl sites for hydroxylation is 2. The maximum Gasteiger partial charge on any atom is 0.352 e. The van der Waals surface area contributed by atoms with Crippen molar-refractivity contribution in [3.8, 4) is 22.5 Å². The average molecular weight is 1170 g/mol. The number of nitrogens with two attached hydrogens (primary N) is 1. The number of carboxylic acid groups (broad SMARTS) is 1. The van der Waals surface area contributed by atoms with E-state index in [1.165, 1.54) is 64.7 Å². The molecule has 1 amide bonds. The van der Waals surface area contributed by atoms with Gasteiger partial charge in [0.15, 0.2) is 0 Å². The topological polar surface area (TPSA) is 253 Å². The van der Waals surface area contributed by atoms with E-state index in [-0.39, 0.29) is 46.7 Å². The molecule has 21 heteroatoms. The van der Waals surface area contributed by atoms with Crippen LogP contribution in [0.4, 0.5) is 11.4 Å². The summed E-state index contributed by atoms with van der Waals surface area (Å²) in [6.07, 6.45) is 19.6. The molecule has 83 heavy (non-hydrogen) atoms. The van der Waals surface area contributed by atoms with Crippen LogP contribution in [0.1, 0.15) is 98.0 Å². The number of sulfone groups is 2. The highest BCUT2D eigenvalue weighted by molar-refractivity contribution is 7.91. The molecule has 8 aromatic rings. The zero-order valence-electron chi connectivity index (χ0n) is 47.7. The van der Waals surface area contributed by atoms with Crippen LogP contribution in [0.15, 0.2) is 97.6 Å². The second-order valence-corrected chi connectivity index (χ2v) is 27.3. The van der Waals surface area contributed by atoms with Gasteiger partial charge in [0, 0.05) is 119 Å². The van der Waals surface area contributed by atoms with Crippen molar-refractivity contribution in [3.63, 3.8) is 0 Å². The molecule has 6 N–H and O–H groups in total. The van der Waals surface area contributed by atoms with Crippen molar-refractivity contribution in [3.05, 3.63) is 109 Å². The molecule has 4 saturated heterocycles. The molecular weight excluding hydrogens is 1090 g/mol. The zero-order valence-corrected chi connectivity index (χ0v) is 49.4. The van der Waals surface area contributed by atoms with Crippen molar-refractivity contribution >= 4 is 86.5 Å². The van der Waals surface area contributed by atoms with E-state index in [2.05, 4.69) is 53.9 Å². The summed E-state index contributed by atoms with van der Waals surface area (Å²) < 4.78 is 48.6. The van der Waals surface area contributed by atoms with E-state index in [1.807, 2.05) is 72.5 Å². The summed E-state index contributed by atoms with van der Waals surface area (Å²) in [7, 11) is -2.01. The Kier molecular flexibility index (Phi) is 19.0. The minimum atomic E-state index is -2.98. The largest absolute Gasteiger partial charge is 0.477 e. The lowest BCUT2D eigenvalue weighted by molar-refractivity contribution is 0.0686. The maximum absolute atomic E-state index is 13.1. The number of fused-ring (bicyclic) bond motifs is 4. The Hall–Kier alpha value is -7.04. The highest BCUT2D eigenvalue weighted by Crippen LogP contribution is 2.33. The first kappa shape index (κ1) is 59.1. The summed E-state index contributed by atoms with van der Waals surface area (Å²) in [6, 6.07) is 23.8. The van der Waals surface area contributed by atoms with E-state index in [9.17, 15) is 31.5 Å². The van der Waals surface area contributed by atoms with E-state index in [1.54, 1.807) is 30.1 Å². The number of nitrogens with one attached hydrogen (secondary N) is 3. The smallest absolute Gasteiger partial charge is 0.352 e. The van der Waals surface area contributed by atoms with E-state index in [0.29, 0.717) is 31.4 Å². The Balaban J connectivity index is 0.000000164. The number of hydrogen-bond acceptors (Lipinski definition) is 15. The van der Waals surface area contributed by atoms with Crippen molar-refractivity contribution in [1.82, 2.24) is 44.2 Å². The molecule has 10 heterocycles. The summed E-state index contributed by atoms with van der Waals surface area (Å²) in [5, 5.41) is 23.6. The molecule has 0 atom stereocenters. The van der Waals surface area contributed by atoms with E-state index in [0.717, 1.165) is 117 Å². The minimum Gasteiger partial charge on any atom is -0.477 e. The standard InChI is InChI=1S/C31H38N6O3S.C26H29N5O2.C5H11NO2S/c1-36-29-7-6-22(18-23(29)19-30(36)31(38)34-24-9-16-41(39,40)17-10-24)27-20-28(25-21-32-12-8-26(25)35-27)33-11-5-15-37-13-3-2-4-14-37;1-30-24-7-6-18(14-19(24)15-25(30)26(32)33)22-16-23(20-17-27-10-8-21(20)29-22)28-9-5-13-31-11-3-2-4-12-31;6-5-1-3-9(7,8)4-2-5/h6-8,12,18-21,24H,2-5,9-11,13-17H2,1H3,(H,33,35)(H,34,38);6-8,10,14-17H,2-5,9,11-13H2,1H3,(H,28,29)(H,32,33);5H,1-4,6H2. The van der Waals surface area contributed by atoms with Crippen LogP contribution in [-0.4, -0.2) is 160 Å². The van der Waals surface area contributed by atoms with Crippen molar-refractivity contribution in [1.29, 1.82) is 0 Å². The van der Waals surface area contributed by atoms with Gasteiger partial charge >= 0.3 is 5.97 Å². The molecule has 4 aliphatic rings. The van der Waals surface area contributed by atoms with Crippen molar-refractivity contribution in [2.24, 2.45) is 19.8 Å². The molecule has 6 aromatic heterocycles. The predicted octanol–water partition coefficient (Wildman–Crippen LogP) is 8.68. The number of anilines is 2. The second-order valence-electron chi connectivity index (χ2n) is 22.7. The van der Waals surface area contributed by atoms with E-state index >= 15 is 0 Å². The Bertz CT molecular complexity index is 3810. The number of carbonyl (C=O) groups is 2. The third kappa shape index (κ3) is 15.0. The van der Waals surface area contributed by atoms with Gasteiger partial charge in [0.1, 0.15) is 31.1 Å². The quantitative estimate of drug-likeness (QED) is 0.0602. The maximum atomic E-state index is 13.1. The predicted molar refractivity (Wildman–Crippen MR) is 332 cm³/mol. The molecule has 0 saturated carbocycles. The van der Waals surface area contributed by atoms with Crippen LogP contribution < -0.4 is 21.7 Å². The Morgan fingerprint density at radius 2 is 1.04 bits per heavy atom. The number of amides is 1. The van der Waals surface area contributed by atoms with Gasteiger partial charge in [0.2, 0.25) is 0 Å². The van der Waals surface area contributed by atoms with Crippen molar-refractivity contribution in [2.45, 2.75) is 89.1 Å². The molecule has 4 aliphatic heterocycles. The molecule has 19 nitrogen and oxygen atoms in total. The number of piperidine rings is 2. The third-order valence-corrected chi connectivity index (χ3v) is 20.1. The zero-order chi connectivity index (χ0) is 58.1. The summed E-state index contributed by atoms with van der Waals surface area (Å²) in [4.78, 5) is 48.2. The summed E-state index contributed by atoms with van der Waals surface area (Å²) >= 11 is 0. The number of rotatable bonds is 15. The number of pyridine rings is 4. The fourth-order valence-corrected chi connectivity index (χ4v) is 14.8. The Morgan fingerprint density at radius 1 is 0.590 bits per heavy atom. The number of aromatic nitrogens is 6. The van der Waals surface area contributed by atoms with Gasteiger partial charge in [-0.3, -0.25) is 14.8 Å². The molecule has 2 aromatic carbocycles. The lowest BCUT2D eigenvalue weighted by atomic mass is 10.1. The van der Waals surface area contributed by atoms with Gasteiger partial charge in [0.25, 0.3) is 5.91 Å². The minimum absolute atomic E-state index is 0.119. The van der Waals surface area contributed by atoms with Crippen LogP contribution in [0.5, 0.6) is 0 Å². The summed E-state index contributed by atoms with van der Waals surface area (Å²) in [6.45, 7) is 8.87. The second kappa shape index (κ2) is 26.7. The van der Waals surface area contributed by atoms with E-state index < -0.39 is 25.6 Å². The lowest BCUT2D eigenvalue weighted by Crippen LogP contribution is -2.41. The first-order valence-electron chi connectivity index (χ1n) is 29.4. The Morgan fingerprint density at radius 3 is 1.49 bits per heavy atom. The summed E-state index contributed by atoms with van der Waals surface area (Å²) in [5.74, 6) is -0.284. The van der Waals surface area contributed by atoms with Crippen LogP contribution >= 0.6 is 0 Å². The number of likely N-dealkylation sites (tertiary alicyclic amines) is 2. The number of carbonyl (C=O) groups excluding carboxylic acids is 1. The number of carboxylic acids is 1. The average Bonchev–Trinajstić information content (AvgIpc) is 4.10. The van der Waals surface area contributed by atoms with Crippen LogP contribution in [0.25, 0.3) is 66.1 Å². The van der Waals surface area contributed by atoms with Gasteiger partial charge in [0.05, 0.1) is 45.4 Å². The van der Waals surface area contributed by atoms with Crippen LogP contribution in [0.2, 0.25) is 0 Å². The highest BCUT2D eigenvalue weighted by Gasteiger charge is 2.27. The molecule has 0 unspecified atom stereocenters. The number of hydrogen-bond donors (Lipinski definition) is 5. The van der Waals surface area contributed by atoms with E-state index in [4.69, 9.17) is 15.7 Å². The third-order valence-electron chi connectivity index (χ3n) is 16.7. The molecule has 440 valence electrons. The van der Waals surface area contributed by atoms with Gasteiger partial charge < -0.3 is 45.7 Å². The molecular formula is C62H78N12O7S2. The molecule has 0 radical (unpaired) electrons. The number of aromatic carboxylic acids is 1. The van der Waals surface area contributed by atoms with Gasteiger partial charge in [-0.1, -0.05) is 25.0 Å². The van der Waals surface area contributed by atoms with Crippen LogP contribution in [0, 0.1) is 0 Å². The molecule has 0 bridgehead atoms. The Labute approximate surface area is 486 Å². The fourth-order valence-electron chi connectivity index (χ4n) is 11.8. The van der Waals surface area contributed by atoms with Crippen LogP contribution in [0.3, 0.4) is 0 Å². The normalized spacial score (nSPS) is 17.8. The van der Waals surface area contributed by atoms with Crippen molar-refractivity contribution in [2.75, 3.05) is 86.0 Å². The first-order chi connectivity index (χ1) is 40.1. The van der Waals surface area contributed by atoms with Gasteiger partial charge in [-0.25, -0.2) is 31.6 Å². The van der Waals surface area contributed by atoms with Crippen LogP contribution in [-0.2, 0) is 33.8 Å². The van der Waals surface area contributed by atoms with Gasteiger partial charge in [-0.2, -0.15) is 0 Å². The number of nitrogens with zero attached hydrogens (tertiary/aromatic N) is 8. The number of benzene rings is 2. The highest BCUT2D eigenvalue weighted by atomic mass is 32.2.